The van der Waals surface area contributed by atoms with Crippen molar-refractivity contribution in [1.29, 1.82) is 0 Å². The van der Waals surface area contributed by atoms with E-state index in [-0.39, 0.29) is 40.5 Å². The highest BCUT2D eigenvalue weighted by atomic mass is 16.6. The monoisotopic (exact) mass is 803 g/mol. The molecule has 0 aromatic heterocycles. The summed E-state index contributed by atoms with van der Waals surface area (Å²) >= 11 is 0. The number of phenolic OH excluding ortho intramolecular Hbond substituents is 2. The molecule has 17 heteroatoms. The number of carbonyl (C=O) groups is 5. The number of aliphatic hydroxyl groups is 3. The standard InChI is InChI=1S/C41H41NO16/c1-16-11-19-12-25(45)41(56-6)37(50)28-22(36(49)40(41,52)29(19)34(26(16)39(51)55-5)57-15-18-7-9-20(43)10-8-18)13-21-27(31(28)47)24(44)14-23(30(21)46)42-38-35(54-4)32(48)33(53-3)17(2)58-38/h7-11,13,17,25,32-33,35,38,43,45,47-48,52H,12,14-15H2,1-6H3. The van der Waals surface area contributed by atoms with E-state index in [0.717, 1.165) is 20.3 Å². The van der Waals surface area contributed by atoms with Crippen LogP contribution >= 0.6 is 0 Å². The zero-order valence-corrected chi connectivity index (χ0v) is 32.2. The summed E-state index contributed by atoms with van der Waals surface area (Å²) in [5, 5.41) is 57.2. The fourth-order valence-electron chi connectivity index (χ4n) is 8.77. The van der Waals surface area contributed by atoms with Gasteiger partial charge in [0.15, 0.2) is 23.2 Å². The number of hydrogen-bond donors (Lipinski definition) is 5. The van der Waals surface area contributed by atoms with E-state index in [1.54, 1.807) is 6.92 Å². The van der Waals surface area contributed by atoms with Crippen molar-refractivity contribution in [1.82, 2.24) is 0 Å². The fourth-order valence-corrected chi connectivity index (χ4v) is 8.77. The van der Waals surface area contributed by atoms with Crippen LogP contribution in [0, 0.1) is 6.92 Å². The number of fused-ring (bicyclic) bond motifs is 5. The van der Waals surface area contributed by atoms with Gasteiger partial charge in [0.1, 0.15) is 47.7 Å². The first-order chi connectivity index (χ1) is 27.5. The highest BCUT2D eigenvalue weighted by molar-refractivity contribution is 6.53. The second-order valence-corrected chi connectivity index (χ2v) is 14.6. The molecule has 306 valence electrons. The molecule has 0 saturated carbocycles. The molecule has 3 aromatic carbocycles. The number of hydrogen-bond acceptors (Lipinski definition) is 17. The summed E-state index contributed by atoms with van der Waals surface area (Å²) < 4.78 is 33.6. The lowest BCUT2D eigenvalue weighted by atomic mass is 9.56. The summed E-state index contributed by atoms with van der Waals surface area (Å²) in [4.78, 5) is 75.6. The summed E-state index contributed by atoms with van der Waals surface area (Å²) in [6, 6.07) is 8.13. The van der Waals surface area contributed by atoms with Gasteiger partial charge in [-0.15, -0.1) is 0 Å². The van der Waals surface area contributed by atoms with Gasteiger partial charge in [0.05, 0.1) is 42.6 Å². The minimum Gasteiger partial charge on any atom is -0.508 e. The Morgan fingerprint density at radius 3 is 2.22 bits per heavy atom. The first-order valence-electron chi connectivity index (χ1n) is 18.2. The van der Waals surface area contributed by atoms with Crippen LogP contribution in [-0.4, -0.2) is 131 Å². The third kappa shape index (κ3) is 5.71. The molecule has 8 unspecified atom stereocenters. The predicted octanol–water partition coefficient (Wildman–Crippen LogP) is 1.69. The number of nitrogens with zero attached hydrogens (tertiary/aromatic N) is 1. The van der Waals surface area contributed by atoms with E-state index in [2.05, 4.69) is 4.99 Å². The number of ether oxygens (including phenoxy) is 6. The number of rotatable bonds is 8. The second-order valence-electron chi connectivity index (χ2n) is 14.6. The molecule has 3 aromatic rings. The van der Waals surface area contributed by atoms with Gasteiger partial charge < -0.3 is 54.0 Å². The Bertz CT molecular complexity index is 2300. The largest absolute Gasteiger partial charge is 0.508 e. The Balaban J connectivity index is 1.42. The zero-order valence-electron chi connectivity index (χ0n) is 32.2. The second kappa shape index (κ2) is 14.8. The summed E-state index contributed by atoms with van der Waals surface area (Å²) in [6.07, 6.45) is -8.27. The third-order valence-corrected chi connectivity index (χ3v) is 11.5. The lowest BCUT2D eigenvalue weighted by molar-refractivity contribution is -0.228. The Morgan fingerprint density at radius 1 is 0.931 bits per heavy atom. The van der Waals surface area contributed by atoms with E-state index in [1.807, 2.05) is 0 Å². The summed E-state index contributed by atoms with van der Waals surface area (Å²) in [5.74, 6) is -6.88. The number of esters is 1. The highest BCUT2D eigenvalue weighted by Crippen LogP contribution is 2.57. The molecule has 17 nitrogen and oxygen atoms in total. The van der Waals surface area contributed by atoms with Crippen LogP contribution in [-0.2, 0) is 42.3 Å². The lowest BCUT2D eigenvalue weighted by Gasteiger charge is -2.53. The van der Waals surface area contributed by atoms with Gasteiger partial charge >= 0.3 is 5.97 Å². The van der Waals surface area contributed by atoms with E-state index >= 15 is 4.79 Å². The predicted molar refractivity (Wildman–Crippen MR) is 198 cm³/mol. The first kappa shape index (κ1) is 40.8. The van der Waals surface area contributed by atoms with Crippen molar-refractivity contribution in [2.75, 3.05) is 28.4 Å². The molecule has 1 aliphatic heterocycles. The van der Waals surface area contributed by atoms with Crippen molar-refractivity contribution in [2.45, 2.75) is 81.2 Å². The van der Waals surface area contributed by atoms with Gasteiger partial charge in [-0.05, 0) is 48.7 Å². The minimum absolute atomic E-state index is 0.0378. The van der Waals surface area contributed by atoms with Crippen LogP contribution < -0.4 is 4.74 Å². The van der Waals surface area contributed by atoms with Crippen LogP contribution in [0.1, 0.15) is 87.4 Å². The molecular formula is C41H41NO16. The molecule has 0 radical (unpaired) electrons. The van der Waals surface area contributed by atoms with E-state index in [9.17, 15) is 44.7 Å². The molecule has 5 N–H and O–H groups in total. The van der Waals surface area contributed by atoms with Gasteiger partial charge in [0.2, 0.25) is 17.3 Å². The van der Waals surface area contributed by atoms with Gasteiger partial charge in [-0.3, -0.25) is 24.2 Å². The maximum Gasteiger partial charge on any atom is 0.341 e. The average molecular weight is 804 g/mol. The van der Waals surface area contributed by atoms with Crippen LogP contribution in [0.3, 0.4) is 0 Å². The maximum absolute atomic E-state index is 15.1. The van der Waals surface area contributed by atoms with Crippen molar-refractivity contribution in [2.24, 2.45) is 4.99 Å². The van der Waals surface area contributed by atoms with Crippen molar-refractivity contribution in [3.05, 3.63) is 86.5 Å². The smallest absolute Gasteiger partial charge is 0.341 e. The number of carbonyl (C=O) groups excluding carboxylic acids is 5. The SMILES string of the molecule is COC(=O)c1c(C)cc2c(c1OCc1ccc(O)cc1)C1(O)C(=O)c3cc4c(c(O)c3C(=O)C1(OC)C(O)C2)C(=O)CC(=NC1OC(C)C(OC)C(O)C1OC)C4=O. The van der Waals surface area contributed by atoms with Gasteiger partial charge in [-0.2, -0.15) is 0 Å². The quantitative estimate of drug-likeness (QED) is 0.203. The number of phenols is 2. The molecule has 58 heavy (non-hydrogen) atoms. The molecule has 7 rings (SSSR count). The maximum atomic E-state index is 15.1. The van der Waals surface area contributed by atoms with Crippen LogP contribution in [0.25, 0.3) is 0 Å². The number of aromatic hydroxyl groups is 2. The average Bonchev–Trinajstić information content (AvgIpc) is 3.18. The summed E-state index contributed by atoms with van der Waals surface area (Å²) in [7, 11) is 4.72. The number of ketones is 4. The Morgan fingerprint density at radius 2 is 1.60 bits per heavy atom. The molecule has 0 bridgehead atoms. The molecule has 8 atom stereocenters. The summed E-state index contributed by atoms with van der Waals surface area (Å²) in [6.45, 7) is 2.85. The van der Waals surface area contributed by atoms with Crippen molar-refractivity contribution >= 4 is 34.8 Å². The van der Waals surface area contributed by atoms with Crippen molar-refractivity contribution < 1.29 is 77.9 Å². The van der Waals surface area contributed by atoms with Crippen LogP contribution in [0.2, 0.25) is 0 Å². The molecule has 3 aliphatic carbocycles. The first-order valence-corrected chi connectivity index (χ1v) is 18.2. The van der Waals surface area contributed by atoms with Crippen molar-refractivity contribution in [3.63, 3.8) is 0 Å². The van der Waals surface area contributed by atoms with Gasteiger partial charge in [-0.25, -0.2) is 4.79 Å². The van der Waals surface area contributed by atoms with E-state index in [4.69, 9.17) is 28.4 Å². The Hall–Kier alpha value is -5.40. The number of aliphatic hydroxyl groups excluding tert-OH is 2. The van der Waals surface area contributed by atoms with Crippen molar-refractivity contribution in [3.8, 4) is 17.2 Å². The van der Waals surface area contributed by atoms with Crippen LogP contribution in [0.4, 0.5) is 0 Å². The highest BCUT2D eigenvalue weighted by Gasteiger charge is 2.73. The van der Waals surface area contributed by atoms with Gasteiger partial charge in [0, 0.05) is 44.4 Å². The number of aliphatic imine (C=N–C) groups is 1. The number of methoxy groups -OCH3 is 4. The zero-order chi connectivity index (χ0) is 42.2. The number of benzene rings is 3. The molecule has 0 amide bonds. The van der Waals surface area contributed by atoms with Gasteiger partial charge in [-0.1, -0.05) is 18.2 Å². The Kier molecular flexibility index (Phi) is 10.4. The number of aryl methyl sites for hydroxylation is 1. The minimum atomic E-state index is -3.20. The van der Waals surface area contributed by atoms with Gasteiger partial charge in [0.25, 0.3) is 0 Å². The topological polar surface area (TPSA) is 254 Å². The molecule has 4 aliphatic rings. The molecular weight excluding hydrogens is 762 g/mol. The van der Waals surface area contributed by atoms with E-state index < -0.39 is 123 Å². The normalized spacial score (nSPS) is 29.7. The number of Topliss-reactive ketones (excluding diaryl/α,β-unsaturated/α-hetero) is 4. The summed E-state index contributed by atoms with van der Waals surface area (Å²) in [5.41, 5.74) is -8.92. The fraction of sp³-hybridized carbons (Fsp3) is 0.415. The molecule has 1 fully saturated rings. The van der Waals surface area contributed by atoms with Crippen LogP contribution in [0.5, 0.6) is 17.2 Å². The molecule has 0 spiro atoms. The van der Waals surface area contributed by atoms with Crippen LogP contribution in [0.15, 0.2) is 41.4 Å². The molecule has 1 saturated heterocycles. The Labute approximate surface area is 330 Å². The molecule has 1 heterocycles. The van der Waals surface area contributed by atoms with E-state index in [1.165, 1.54) is 51.5 Å². The van der Waals surface area contributed by atoms with E-state index in [0.29, 0.717) is 5.56 Å². The lowest BCUT2D eigenvalue weighted by Crippen LogP contribution is -2.73. The third-order valence-electron chi connectivity index (χ3n) is 11.5.